The first-order valence-electron chi connectivity index (χ1n) is 8.68. The normalized spacial score (nSPS) is 10.6. The fourth-order valence-electron chi connectivity index (χ4n) is 2.67. The number of fused-ring (bicyclic) bond motifs is 1. The van der Waals surface area contributed by atoms with E-state index in [2.05, 4.69) is 5.32 Å². The van der Waals surface area contributed by atoms with Crippen molar-refractivity contribution in [2.24, 2.45) is 0 Å². The minimum absolute atomic E-state index is 0.0757. The van der Waals surface area contributed by atoms with Gasteiger partial charge in [0.2, 0.25) is 0 Å². The fraction of sp³-hybridized carbons (Fsp3) is 0.238. The zero-order valence-corrected chi connectivity index (χ0v) is 15.5. The lowest BCUT2D eigenvalue weighted by Crippen LogP contribution is -2.21. The summed E-state index contributed by atoms with van der Waals surface area (Å²) in [7, 11) is 1.52. The lowest BCUT2D eigenvalue weighted by Gasteiger charge is -2.11. The third kappa shape index (κ3) is 4.11. The van der Waals surface area contributed by atoms with Gasteiger partial charge in [0.1, 0.15) is 22.6 Å². The maximum Gasteiger partial charge on any atom is 0.349 e. The monoisotopic (exact) mass is 367 g/mol. The Balaban J connectivity index is 1.92. The van der Waals surface area contributed by atoms with Crippen LogP contribution in [0.2, 0.25) is 0 Å². The molecule has 0 aliphatic rings. The summed E-state index contributed by atoms with van der Waals surface area (Å²) < 4.78 is 16.1. The van der Waals surface area contributed by atoms with E-state index >= 15 is 0 Å². The Kier molecular flexibility index (Phi) is 5.45. The zero-order valence-electron chi connectivity index (χ0n) is 15.5. The molecule has 1 N–H and O–H groups in total. The van der Waals surface area contributed by atoms with E-state index in [-0.39, 0.29) is 5.56 Å². The van der Waals surface area contributed by atoms with Crippen LogP contribution in [0.1, 0.15) is 29.3 Å². The number of benzene rings is 2. The van der Waals surface area contributed by atoms with E-state index in [0.29, 0.717) is 34.8 Å². The van der Waals surface area contributed by atoms with Crippen molar-refractivity contribution in [2.75, 3.05) is 19.0 Å². The second-order valence-corrected chi connectivity index (χ2v) is 6.15. The molecule has 0 saturated carbocycles. The Hall–Kier alpha value is -3.28. The van der Waals surface area contributed by atoms with Gasteiger partial charge in [0.05, 0.1) is 19.4 Å². The summed E-state index contributed by atoms with van der Waals surface area (Å²) in [4.78, 5) is 24.9. The summed E-state index contributed by atoms with van der Waals surface area (Å²) in [5.41, 5.74) is 1.03. The molecule has 0 atom stereocenters. The molecule has 0 fully saturated rings. The van der Waals surface area contributed by atoms with E-state index in [4.69, 9.17) is 13.9 Å². The molecule has 2 aromatic carbocycles. The minimum Gasteiger partial charge on any atom is -0.495 e. The maximum absolute atomic E-state index is 12.6. The van der Waals surface area contributed by atoms with Crippen molar-refractivity contribution in [3.63, 3.8) is 0 Å². The number of methoxy groups -OCH3 is 1. The van der Waals surface area contributed by atoms with E-state index < -0.39 is 11.5 Å². The Labute approximate surface area is 156 Å². The number of aryl methyl sites for hydroxylation is 1. The summed E-state index contributed by atoms with van der Waals surface area (Å²) in [6.07, 6.45) is 0.878. The molecule has 0 unspecified atom stereocenters. The first-order valence-corrected chi connectivity index (χ1v) is 8.68. The quantitative estimate of drug-likeness (QED) is 0.662. The summed E-state index contributed by atoms with van der Waals surface area (Å²) in [6, 6.07) is 12.1. The highest BCUT2D eigenvalue weighted by Gasteiger charge is 2.16. The van der Waals surface area contributed by atoms with Crippen molar-refractivity contribution in [1.29, 1.82) is 0 Å². The SMILES string of the molecule is CCCOc1ccc2cc(C(=O)Nc3cc(C)ccc3OC)c(=O)oc2c1. The number of rotatable bonds is 6. The lowest BCUT2D eigenvalue weighted by molar-refractivity contribution is 0.102. The molecule has 0 bridgehead atoms. The highest BCUT2D eigenvalue weighted by atomic mass is 16.5. The van der Waals surface area contributed by atoms with Gasteiger partial charge < -0.3 is 19.2 Å². The molecule has 0 aliphatic heterocycles. The molecule has 3 rings (SSSR count). The van der Waals surface area contributed by atoms with Crippen LogP contribution in [0.3, 0.4) is 0 Å². The van der Waals surface area contributed by atoms with Gasteiger partial charge in [0.15, 0.2) is 0 Å². The highest BCUT2D eigenvalue weighted by Crippen LogP contribution is 2.26. The molecular weight excluding hydrogens is 346 g/mol. The van der Waals surface area contributed by atoms with Crippen LogP contribution in [0.4, 0.5) is 5.69 Å². The highest BCUT2D eigenvalue weighted by molar-refractivity contribution is 6.06. The second-order valence-electron chi connectivity index (χ2n) is 6.15. The van der Waals surface area contributed by atoms with Gasteiger partial charge in [0, 0.05) is 11.5 Å². The number of carbonyl (C=O) groups is 1. The molecule has 0 spiro atoms. The van der Waals surface area contributed by atoms with Crippen LogP contribution in [-0.2, 0) is 0 Å². The van der Waals surface area contributed by atoms with Crippen LogP contribution < -0.4 is 20.4 Å². The molecule has 0 aliphatic carbocycles. The average molecular weight is 367 g/mol. The molecule has 0 radical (unpaired) electrons. The first-order chi connectivity index (χ1) is 13.0. The topological polar surface area (TPSA) is 77.8 Å². The number of nitrogens with one attached hydrogen (secondary N) is 1. The molecule has 6 heteroatoms. The number of anilines is 1. The van der Waals surface area contributed by atoms with Gasteiger partial charge in [-0.25, -0.2) is 4.79 Å². The third-order valence-electron chi connectivity index (χ3n) is 4.03. The van der Waals surface area contributed by atoms with E-state index in [9.17, 15) is 9.59 Å². The molecular formula is C21H21NO5. The largest absolute Gasteiger partial charge is 0.495 e. The van der Waals surface area contributed by atoms with Crippen molar-refractivity contribution < 1.29 is 18.7 Å². The molecule has 0 saturated heterocycles. The lowest BCUT2D eigenvalue weighted by atomic mass is 10.1. The molecule has 27 heavy (non-hydrogen) atoms. The van der Waals surface area contributed by atoms with Crippen molar-refractivity contribution in [3.05, 3.63) is 64.0 Å². The Morgan fingerprint density at radius 1 is 1.15 bits per heavy atom. The summed E-state index contributed by atoms with van der Waals surface area (Å²) in [5.74, 6) is 0.576. The van der Waals surface area contributed by atoms with E-state index in [1.807, 2.05) is 19.9 Å². The van der Waals surface area contributed by atoms with Crippen LogP contribution in [0.5, 0.6) is 11.5 Å². The molecule has 3 aromatic rings. The molecule has 1 heterocycles. The van der Waals surface area contributed by atoms with Crippen LogP contribution in [0.15, 0.2) is 51.7 Å². The minimum atomic E-state index is -0.709. The number of amides is 1. The number of hydrogen-bond donors (Lipinski definition) is 1. The van der Waals surface area contributed by atoms with Gasteiger partial charge in [0.25, 0.3) is 5.91 Å². The van der Waals surface area contributed by atoms with Gasteiger partial charge in [-0.3, -0.25) is 4.79 Å². The number of hydrogen-bond acceptors (Lipinski definition) is 5. The number of ether oxygens (including phenoxy) is 2. The van der Waals surface area contributed by atoms with Crippen LogP contribution >= 0.6 is 0 Å². The van der Waals surface area contributed by atoms with Gasteiger partial charge in [-0.1, -0.05) is 13.0 Å². The van der Waals surface area contributed by atoms with Crippen molar-refractivity contribution in [2.45, 2.75) is 20.3 Å². The molecule has 6 nitrogen and oxygen atoms in total. The Morgan fingerprint density at radius 2 is 1.96 bits per heavy atom. The van der Waals surface area contributed by atoms with Crippen molar-refractivity contribution in [3.8, 4) is 11.5 Å². The fourth-order valence-corrected chi connectivity index (χ4v) is 2.67. The average Bonchev–Trinajstić information content (AvgIpc) is 2.65. The van der Waals surface area contributed by atoms with E-state index in [1.165, 1.54) is 13.2 Å². The number of carbonyl (C=O) groups excluding carboxylic acids is 1. The van der Waals surface area contributed by atoms with Crippen molar-refractivity contribution >= 4 is 22.6 Å². The maximum atomic E-state index is 12.6. The Morgan fingerprint density at radius 3 is 2.70 bits per heavy atom. The second kappa shape index (κ2) is 7.95. The summed E-state index contributed by atoms with van der Waals surface area (Å²) in [5, 5.41) is 3.35. The van der Waals surface area contributed by atoms with Gasteiger partial charge >= 0.3 is 5.63 Å². The molecule has 140 valence electrons. The van der Waals surface area contributed by atoms with Gasteiger partial charge in [-0.15, -0.1) is 0 Å². The smallest absolute Gasteiger partial charge is 0.349 e. The van der Waals surface area contributed by atoms with E-state index in [0.717, 1.165) is 12.0 Å². The van der Waals surface area contributed by atoms with Crippen molar-refractivity contribution in [1.82, 2.24) is 0 Å². The zero-order chi connectivity index (χ0) is 19.4. The van der Waals surface area contributed by atoms with Crippen LogP contribution in [0, 0.1) is 6.92 Å². The van der Waals surface area contributed by atoms with Crippen LogP contribution in [0.25, 0.3) is 11.0 Å². The summed E-state index contributed by atoms with van der Waals surface area (Å²) in [6.45, 7) is 4.49. The van der Waals surface area contributed by atoms with Crippen LogP contribution in [-0.4, -0.2) is 19.6 Å². The predicted octanol–water partition coefficient (Wildman–Crippen LogP) is 4.15. The predicted molar refractivity (Wildman–Crippen MR) is 104 cm³/mol. The summed E-state index contributed by atoms with van der Waals surface area (Å²) >= 11 is 0. The van der Waals surface area contributed by atoms with Gasteiger partial charge in [-0.05, 0) is 49.2 Å². The first kappa shape index (κ1) is 18.5. The van der Waals surface area contributed by atoms with Gasteiger partial charge in [-0.2, -0.15) is 0 Å². The molecule has 1 aromatic heterocycles. The Bertz CT molecular complexity index is 1040. The molecule has 1 amide bonds. The van der Waals surface area contributed by atoms with E-state index in [1.54, 1.807) is 30.3 Å². The third-order valence-corrected chi connectivity index (χ3v) is 4.03. The standard InChI is InChI=1S/C21H21NO5/c1-4-9-26-15-7-6-14-11-16(21(24)27-19(14)12-15)20(23)22-17-10-13(2)5-8-18(17)25-3/h5-8,10-12H,4,9H2,1-3H3,(H,22,23).